The van der Waals surface area contributed by atoms with Crippen LogP contribution >= 0.6 is 0 Å². The lowest BCUT2D eigenvalue weighted by Gasteiger charge is -1.97. The molecule has 1 heterocycles. The summed E-state index contributed by atoms with van der Waals surface area (Å²) in [6.45, 7) is 2.00. The highest BCUT2D eigenvalue weighted by Gasteiger charge is 2.00. The van der Waals surface area contributed by atoms with Gasteiger partial charge in [-0.25, -0.2) is 4.98 Å². The Balaban J connectivity index is 2.40. The van der Waals surface area contributed by atoms with Crippen LogP contribution in [0.5, 0.6) is 0 Å². The molecule has 0 aliphatic carbocycles. The molecule has 2 aromatic rings. The minimum absolute atomic E-state index is 0.802. The molecule has 0 bridgehead atoms. The Bertz CT molecular complexity index is 429. The molecular weight excluding hydrogens is 174 g/mol. The van der Waals surface area contributed by atoms with Gasteiger partial charge in [0.15, 0.2) is 12.2 Å². The van der Waals surface area contributed by atoms with Gasteiger partial charge in [-0.05, 0) is 18.6 Å². The minimum atomic E-state index is 0.802. The van der Waals surface area contributed by atoms with E-state index in [1.807, 2.05) is 25.1 Å². The topological polar surface area (TPSA) is 26.0 Å². The van der Waals surface area contributed by atoms with Crippen LogP contribution in [0.2, 0.25) is 0 Å². The lowest BCUT2D eigenvalue weighted by Crippen LogP contribution is -1.76. The van der Waals surface area contributed by atoms with Crippen LogP contribution in [0.3, 0.4) is 0 Å². The van der Waals surface area contributed by atoms with Gasteiger partial charge in [-0.1, -0.05) is 30.4 Å². The van der Waals surface area contributed by atoms with Gasteiger partial charge in [0.25, 0.3) is 0 Å². The molecule has 0 atom stereocenters. The molecule has 0 N–H and O–H groups in total. The van der Waals surface area contributed by atoms with Gasteiger partial charge in [-0.3, -0.25) is 0 Å². The van der Waals surface area contributed by atoms with Gasteiger partial charge in [0.05, 0.1) is 6.20 Å². The predicted octanol–water partition coefficient (Wildman–Crippen LogP) is 3.37. The van der Waals surface area contributed by atoms with Crippen molar-refractivity contribution in [2.75, 3.05) is 0 Å². The van der Waals surface area contributed by atoms with Gasteiger partial charge >= 0.3 is 0 Å². The highest BCUT2D eigenvalue weighted by atomic mass is 16.3. The lowest BCUT2D eigenvalue weighted by molar-refractivity contribution is 0.572. The van der Waals surface area contributed by atoms with Crippen LogP contribution < -0.4 is 0 Å². The Labute approximate surface area is 82.9 Å². The number of oxazole rings is 1. The first-order chi connectivity index (χ1) is 6.90. The predicted molar refractivity (Wildman–Crippen MR) is 56.6 cm³/mol. The van der Waals surface area contributed by atoms with Crippen LogP contribution in [-0.2, 0) is 0 Å². The van der Waals surface area contributed by atoms with Gasteiger partial charge < -0.3 is 4.42 Å². The summed E-state index contributed by atoms with van der Waals surface area (Å²) < 4.78 is 5.22. The van der Waals surface area contributed by atoms with E-state index in [1.165, 1.54) is 12.0 Å². The summed E-state index contributed by atoms with van der Waals surface area (Å²) in [5, 5.41) is 0. The first-order valence-corrected chi connectivity index (χ1v) is 4.52. The number of nitrogens with zero attached hydrogens (tertiary/aromatic N) is 1. The molecule has 0 radical (unpaired) electrons. The molecule has 2 heteroatoms. The van der Waals surface area contributed by atoms with Crippen LogP contribution in [0.1, 0.15) is 12.5 Å². The Morgan fingerprint density at radius 1 is 1.36 bits per heavy atom. The Morgan fingerprint density at radius 2 is 2.29 bits per heavy atom. The summed E-state index contributed by atoms with van der Waals surface area (Å²) in [6.07, 6.45) is 7.23. The quantitative estimate of drug-likeness (QED) is 0.716. The van der Waals surface area contributed by atoms with Gasteiger partial charge in [0.1, 0.15) is 0 Å². The lowest BCUT2D eigenvalue weighted by atomic mass is 10.1. The molecule has 1 aromatic carbocycles. The maximum absolute atomic E-state index is 5.22. The average molecular weight is 185 g/mol. The summed E-state index contributed by atoms with van der Waals surface area (Å²) in [5.41, 5.74) is 2.22. The van der Waals surface area contributed by atoms with E-state index in [0.717, 1.165) is 11.3 Å². The molecule has 70 valence electrons. The zero-order valence-electron chi connectivity index (χ0n) is 7.97. The second-order valence-electron chi connectivity index (χ2n) is 2.99. The summed E-state index contributed by atoms with van der Waals surface area (Å²) in [6, 6.07) is 8.14. The van der Waals surface area contributed by atoms with E-state index in [9.17, 15) is 0 Å². The summed E-state index contributed by atoms with van der Waals surface area (Å²) in [4.78, 5) is 3.89. The smallest absolute Gasteiger partial charge is 0.181 e. The van der Waals surface area contributed by atoms with E-state index < -0.39 is 0 Å². The Kier molecular flexibility index (Phi) is 2.45. The maximum Gasteiger partial charge on any atom is 0.181 e. The summed E-state index contributed by atoms with van der Waals surface area (Å²) in [7, 11) is 0. The SMILES string of the molecule is C/C=C/c1cccc(-c2cnco2)c1. The van der Waals surface area contributed by atoms with E-state index in [-0.39, 0.29) is 0 Å². The number of allylic oxidation sites excluding steroid dienone is 1. The van der Waals surface area contributed by atoms with Crippen molar-refractivity contribution in [2.24, 2.45) is 0 Å². The highest BCUT2D eigenvalue weighted by molar-refractivity contribution is 5.62. The molecule has 0 fully saturated rings. The van der Waals surface area contributed by atoms with Crippen LogP contribution in [0.25, 0.3) is 17.4 Å². The number of aromatic nitrogens is 1. The zero-order chi connectivity index (χ0) is 9.80. The zero-order valence-corrected chi connectivity index (χ0v) is 7.97. The fourth-order valence-corrected chi connectivity index (χ4v) is 1.35. The summed E-state index contributed by atoms with van der Waals surface area (Å²) >= 11 is 0. The largest absolute Gasteiger partial charge is 0.444 e. The Morgan fingerprint density at radius 3 is 3.00 bits per heavy atom. The fraction of sp³-hybridized carbons (Fsp3) is 0.0833. The van der Waals surface area contributed by atoms with E-state index in [2.05, 4.69) is 23.2 Å². The van der Waals surface area contributed by atoms with Crippen molar-refractivity contribution < 1.29 is 4.42 Å². The maximum atomic E-state index is 5.22. The van der Waals surface area contributed by atoms with Crippen LogP contribution in [0.4, 0.5) is 0 Å². The molecule has 0 aliphatic rings. The Hall–Kier alpha value is -1.83. The average Bonchev–Trinajstić information content (AvgIpc) is 2.71. The van der Waals surface area contributed by atoms with Crippen molar-refractivity contribution in [1.29, 1.82) is 0 Å². The molecular formula is C12H11NO. The highest BCUT2D eigenvalue weighted by Crippen LogP contribution is 2.19. The fourth-order valence-electron chi connectivity index (χ4n) is 1.35. The standard InChI is InChI=1S/C12H11NO/c1-2-4-10-5-3-6-11(7-10)12-8-13-9-14-12/h2-9H,1H3/b4-2+. The molecule has 1 aromatic heterocycles. The third-order valence-electron chi connectivity index (χ3n) is 1.96. The van der Waals surface area contributed by atoms with Crippen LogP contribution in [0, 0.1) is 0 Å². The van der Waals surface area contributed by atoms with Gasteiger partial charge in [-0.2, -0.15) is 0 Å². The first kappa shape index (κ1) is 8.75. The van der Waals surface area contributed by atoms with Crippen LogP contribution in [0.15, 0.2) is 47.3 Å². The van der Waals surface area contributed by atoms with Crippen molar-refractivity contribution in [3.05, 3.63) is 48.5 Å². The van der Waals surface area contributed by atoms with E-state index in [4.69, 9.17) is 4.42 Å². The van der Waals surface area contributed by atoms with E-state index in [0.29, 0.717) is 0 Å². The molecule has 2 nitrogen and oxygen atoms in total. The van der Waals surface area contributed by atoms with E-state index >= 15 is 0 Å². The van der Waals surface area contributed by atoms with Gasteiger partial charge in [-0.15, -0.1) is 0 Å². The monoisotopic (exact) mass is 185 g/mol. The minimum Gasteiger partial charge on any atom is -0.444 e. The molecule has 0 amide bonds. The van der Waals surface area contributed by atoms with Crippen molar-refractivity contribution in [3.8, 4) is 11.3 Å². The number of benzene rings is 1. The second kappa shape index (κ2) is 3.92. The van der Waals surface area contributed by atoms with Crippen molar-refractivity contribution >= 4 is 6.08 Å². The van der Waals surface area contributed by atoms with Gasteiger partial charge in [0.2, 0.25) is 0 Å². The molecule has 0 spiro atoms. The van der Waals surface area contributed by atoms with Crippen LogP contribution in [-0.4, -0.2) is 4.98 Å². The van der Waals surface area contributed by atoms with Crippen molar-refractivity contribution in [1.82, 2.24) is 4.98 Å². The molecule has 0 unspecified atom stereocenters. The third kappa shape index (κ3) is 1.74. The molecule has 14 heavy (non-hydrogen) atoms. The normalized spacial score (nSPS) is 10.9. The third-order valence-corrected chi connectivity index (χ3v) is 1.96. The number of hydrogen-bond donors (Lipinski definition) is 0. The second-order valence-corrected chi connectivity index (χ2v) is 2.99. The number of rotatable bonds is 2. The van der Waals surface area contributed by atoms with Gasteiger partial charge in [0, 0.05) is 5.56 Å². The van der Waals surface area contributed by atoms with E-state index in [1.54, 1.807) is 6.20 Å². The first-order valence-electron chi connectivity index (χ1n) is 4.52. The molecule has 2 rings (SSSR count). The molecule has 0 saturated carbocycles. The molecule has 0 saturated heterocycles. The number of hydrogen-bond acceptors (Lipinski definition) is 2. The van der Waals surface area contributed by atoms with Crippen molar-refractivity contribution in [2.45, 2.75) is 6.92 Å². The summed E-state index contributed by atoms with van der Waals surface area (Å²) in [5.74, 6) is 0.802. The van der Waals surface area contributed by atoms with Crippen molar-refractivity contribution in [3.63, 3.8) is 0 Å². The molecule has 0 aliphatic heterocycles.